The van der Waals surface area contributed by atoms with E-state index in [2.05, 4.69) is 5.32 Å². The second kappa shape index (κ2) is 7.96. The monoisotopic (exact) mass is 333 g/mol. The molecule has 1 aromatic rings. The smallest absolute Gasteiger partial charge is 0.416 e. The predicted octanol–water partition coefficient (Wildman–Crippen LogP) is 2.15. The number of aliphatic carboxylic acids is 1. The summed E-state index contributed by atoms with van der Waals surface area (Å²) in [6.45, 7) is 1.18. The molecular formula is C15H18F3NO4. The summed E-state index contributed by atoms with van der Waals surface area (Å²) in [5, 5.41) is 20.0. The first-order valence-electron chi connectivity index (χ1n) is 7.01. The molecule has 0 saturated carbocycles. The number of halogens is 3. The van der Waals surface area contributed by atoms with E-state index < -0.39 is 42.2 Å². The highest BCUT2D eigenvalue weighted by Crippen LogP contribution is 2.31. The van der Waals surface area contributed by atoms with Gasteiger partial charge in [-0.3, -0.25) is 4.79 Å². The third-order valence-corrected chi connectivity index (χ3v) is 3.37. The minimum atomic E-state index is -4.52. The number of carbonyl (C=O) groups is 2. The first-order valence-corrected chi connectivity index (χ1v) is 7.01. The molecule has 0 aromatic heterocycles. The minimum Gasteiger partial charge on any atom is -0.480 e. The van der Waals surface area contributed by atoms with Crippen LogP contribution in [0.4, 0.5) is 13.2 Å². The lowest BCUT2D eigenvalue weighted by Crippen LogP contribution is -2.43. The quantitative estimate of drug-likeness (QED) is 0.714. The molecule has 1 aromatic carbocycles. The van der Waals surface area contributed by atoms with Crippen LogP contribution >= 0.6 is 0 Å². The van der Waals surface area contributed by atoms with Gasteiger partial charge in [0, 0.05) is 13.0 Å². The molecule has 0 aliphatic heterocycles. The number of carbonyl (C=O) groups excluding carboxylic acids is 1. The first-order chi connectivity index (χ1) is 10.7. The number of hydrogen-bond donors (Lipinski definition) is 3. The minimum absolute atomic E-state index is 0.160. The number of carboxylic acids is 1. The number of benzene rings is 1. The molecule has 1 amide bonds. The molecule has 1 unspecified atom stereocenters. The second-order valence-corrected chi connectivity index (χ2v) is 5.00. The van der Waals surface area contributed by atoms with Gasteiger partial charge in [-0.1, -0.05) is 25.1 Å². The average Bonchev–Trinajstić information content (AvgIpc) is 2.47. The number of nitrogens with one attached hydrogen (secondary N) is 1. The van der Waals surface area contributed by atoms with E-state index in [1.807, 2.05) is 0 Å². The Kier molecular flexibility index (Phi) is 6.56. The zero-order valence-corrected chi connectivity index (χ0v) is 12.4. The van der Waals surface area contributed by atoms with Crippen LogP contribution < -0.4 is 5.32 Å². The van der Waals surface area contributed by atoms with Gasteiger partial charge in [-0.25, -0.2) is 4.79 Å². The molecule has 0 heterocycles. The Bertz CT molecular complexity index is 560. The normalized spacial score (nSPS) is 14.1. The maximum atomic E-state index is 12.7. The molecule has 128 valence electrons. The number of rotatable bonds is 7. The summed E-state index contributed by atoms with van der Waals surface area (Å²) in [4.78, 5) is 23.2. The number of alkyl halides is 3. The summed E-state index contributed by atoms with van der Waals surface area (Å²) in [5.74, 6) is -2.91. The van der Waals surface area contributed by atoms with Crippen molar-refractivity contribution in [1.82, 2.24) is 5.32 Å². The molecule has 0 bridgehead atoms. The number of carboxylic acid groups (broad SMARTS) is 1. The molecule has 0 radical (unpaired) electrons. The molecule has 0 aliphatic carbocycles. The zero-order chi connectivity index (χ0) is 17.6. The maximum absolute atomic E-state index is 12.7. The highest BCUT2D eigenvalue weighted by molar-refractivity contribution is 5.88. The summed E-state index contributed by atoms with van der Waals surface area (Å²) in [5.41, 5.74) is -0.709. The van der Waals surface area contributed by atoms with Crippen LogP contribution in [0, 0.1) is 0 Å². The van der Waals surface area contributed by atoms with Crippen LogP contribution in [0.2, 0.25) is 0 Å². The van der Waals surface area contributed by atoms with E-state index in [4.69, 9.17) is 10.2 Å². The maximum Gasteiger partial charge on any atom is 0.416 e. The number of aliphatic hydroxyl groups is 1. The third kappa shape index (κ3) is 5.24. The number of aliphatic hydroxyl groups excluding tert-OH is 1. The van der Waals surface area contributed by atoms with E-state index in [1.165, 1.54) is 12.1 Å². The van der Waals surface area contributed by atoms with Crippen molar-refractivity contribution in [3.05, 3.63) is 35.4 Å². The third-order valence-electron chi connectivity index (χ3n) is 3.37. The molecule has 2 atom stereocenters. The summed E-state index contributed by atoms with van der Waals surface area (Å²) in [6.07, 6.45) is -4.50. The zero-order valence-electron chi connectivity index (χ0n) is 12.4. The molecule has 23 heavy (non-hydrogen) atoms. The number of amides is 1. The van der Waals surface area contributed by atoms with Crippen molar-refractivity contribution in [2.75, 3.05) is 6.61 Å². The van der Waals surface area contributed by atoms with E-state index >= 15 is 0 Å². The lowest BCUT2D eigenvalue weighted by Gasteiger charge is -2.20. The first kappa shape index (κ1) is 19.0. The van der Waals surface area contributed by atoms with Crippen molar-refractivity contribution in [3.63, 3.8) is 0 Å². The van der Waals surface area contributed by atoms with Crippen molar-refractivity contribution in [1.29, 1.82) is 0 Å². The van der Waals surface area contributed by atoms with E-state index in [0.29, 0.717) is 0 Å². The van der Waals surface area contributed by atoms with Crippen LogP contribution in [0.1, 0.15) is 36.8 Å². The predicted molar refractivity (Wildman–Crippen MR) is 75.7 cm³/mol. The van der Waals surface area contributed by atoms with E-state index in [0.717, 1.165) is 12.1 Å². The van der Waals surface area contributed by atoms with Crippen LogP contribution in [0.25, 0.3) is 0 Å². The highest BCUT2D eigenvalue weighted by Gasteiger charge is 2.32. The van der Waals surface area contributed by atoms with Gasteiger partial charge < -0.3 is 15.5 Å². The van der Waals surface area contributed by atoms with Crippen LogP contribution in [-0.2, 0) is 15.8 Å². The van der Waals surface area contributed by atoms with E-state index in [-0.39, 0.29) is 18.4 Å². The Hall–Kier alpha value is -2.09. The molecule has 8 heteroatoms. The highest BCUT2D eigenvalue weighted by atomic mass is 19.4. The Morgan fingerprint density at radius 3 is 2.43 bits per heavy atom. The van der Waals surface area contributed by atoms with Gasteiger partial charge in [-0.15, -0.1) is 0 Å². The molecule has 5 nitrogen and oxygen atoms in total. The van der Waals surface area contributed by atoms with Crippen molar-refractivity contribution < 1.29 is 33.0 Å². The van der Waals surface area contributed by atoms with Gasteiger partial charge in [0.1, 0.15) is 6.04 Å². The Balaban J connectivity index is 2.99. The van der Waals surface area contributed by atoms with E-state index in [9.17, 15) is 22.8 Å². The summed E-state index contributed by atoms with van der Waals surface area (Å²) in [6, 6.07) is 3.10. The SMILES string of the molecule is CCC(C(=O)N[C@@H](CCO)C(=O)O)c1cccc(C(F)(F)F)c1. The summed E-state index contributed by atoms with van der Waals surface area (Å²) in [7, 11) is 0. The fraction of sp³-hybridized carbons (Fsp3) is 0.467. The van der Waals surface area contributed by atoms with Gasteiger partial charge in [0.2, 0.25) is 5.91 Å². The fourth-order valence-electron chi connectivity index (χ4n) is 2.16. The Labute approximate surface area is 131 Å². The average molecular weight is 333 g/mol. The van der Waals surface area contributed by atoms with Crippen LogP contribution in [0.5, 0.6) is 0 Å². The van der Waals surface area contributed by atoms with Crippen molar-refractivity contribution in [3.8, 4) is 0 Å². The lowest BCUT2D eigenvalue weighted by atomic mass is 9.93. The molecule has 0 saturated heterocycles. The number of hydrogen-bond acceptors (Lipinski definition) is 3. The molecular weight excluding hydrogens is 315 g/mol. The van der Waals surface area contributed by atoms with Gasteiger partial charge in [0.25, 0.3) is 0 Å². The van der Waals surface area contributed by atoms with Gasteiger partial charge >= 0.3 is 12.1 Å². The summed E-state index contributed by atoms with van der Waals surface area (Å²) < 4.78 is 38.2. The van der Waals surface area contributed by atoms with Crippen molar-refractivity contribution in [2.24, 2.45) is 0 Å². The Morgan fingerprint density at radius 2 is 1.96 bits per heavy atom. The second-order valence-electron chi connectivity index (χ2n) is 5.00. The van der Waals surface area contributed by atoms with E-state index in [1.54, 1.807) is 6.92 Å². The molecule has 3 N–H and O–H groups in total. The van der Waals surface area contributed by atoms with Crippen LogP contribution in [-0.4, -0.2) is 34.7 Å². The van der Waals surface area contributed by atoms with Crippen LogP contribution in [0.15, 0.2) is 24.3 Å². The standard InChI is InChI=1S/C15H18F3NO4/c1-2-11(13(21)19-12(6-7-20)14(22)23)9-4-3-5-10(8-9)15(16,17)18/h3-5,8,11-12,20H,2,6-7H2,1H3,(H,19,21)(H,22,23)/t11?,12-/m0/s1. The molecule has 1 rings (SSSR count). The van der Waals surface area contributed by atoms with Crippen LogP contribution in [0.3, 0.4) is 0 Å². The molecule has 0 fully saturated rings. The fourth-order valence-corrected chi connectivity index (χ4v) is 2.16. The summed E-state index contributed by atoms with van der Waals surface area (Å²) >= 11 is 0. The molecule has 0 aliphatic rings. The van der Waals surface area contributed by atoms with Gasteiger partial charge in [0.05, 0.1) is 11.5 Å². The largest absolute Gasteiger partial charge is 0.480 e. The van der Waals surface area contributed by atoms with Crippen molar-refractivity contribution >= 4 is 11.9 Å². The topological polar surface area (TPSA) is 86.6 Å². The van der Waals surface area contributed by atoms with Crippen molar-refractivity contribution in [2.45, 2.75) is 37.9 Å². The van der Waals surface area contributed by atoms with Gasteiger partial charge in [-0.05, 0) is 18.1 Å². The van der Waals surface area contributed by atoms with Gasteiger partial charge in [0.15, 0.2) is 0 Å². The Morgan fingerprint density at radius 1 is 1.30 bits per heavy atom. The lowest BCUT2D eigenvalue weighted by molar-refractivity contribution is -0.142. The molecule has 0 spiro atoms. The van der Waals surface area contributed by atoms with Gasteiger partial charge in [-0.2, -0.15) is 13.2 Å².